The molecule has 0 amide bonds. The summed E-state index contributed by atoms with van der Waals surface area (Å²) in [4.78, 5) is 0. The van der Waals surface area contributed by atoms with Gasteiger partial charge in [0, 0.05) is 25.1 Å². The summed E-state index contributed by atoms with van der Waals surface area (Å²) < 4.78 is 24.8. The van der Waals surface area contributed by atoms with E-state index in [2.05, 4.69) is 12.2 Å². The number of hydrogen-bond acceptors (Lipinski definition) is 3. The Labute approximate surface area is 118 Å². The minimum absolute atomic E-state index is 0.0173. The van der Waals surface area contributed by atoms with E-state index in [1.807, 2.05) is 6.92 Å². The molecule has 1 aromatic carbocycles. The molecule has 3 unspecified atom stereocenters. The summed E-state index contributed by atoms with van der Waals surface area (Å²) in [6, 6.07) is 4.80. The van der Waals surface area contributed by atoms with E-state index in [1.54, 1.807) is 6.07 Å². The van der Waals surface area contributed by atoms with Crippen molar-refractivity contribution >= 4 is 11.6 Å². The number of halogens is 2. The quantitative estimate of drug-likeness (QED) is 0.872. The number of hydrogen-bond donors (Lipinski definition) is 1. The zero-order valence-electron chi connectivity index (χ0n) is 11.2. The second-order valence-electron chi connectivity index (χ2n) is 4.55. The van der Waals surface area contributed by atoms with E-state index in [0.717, 1.165) is 13.0 Å². The summed E-state index contributed by atoms with van der Waals surface area (Å²) >= 11 is 5.64. The highest BCUT2D eigenvalue weighted by Gasteiger charge is 2.43. The van der Waals surface area contributed by atoms with Gasteiger partial charge in [0.2, 0.25) is 0 Å². The molecule has 5 heteroatoms. The van der Waals surface area contributed by atoms with Crippen LogP contribution in [0.15, 0.2) is 18.2 Å². The summed E-state index contributed by atoms with van der Waals surface area (Å²) in [7, 11) is 0. The third kappa shape index (κ3) is 3.38. The Morgan fingerprint density at radius 3 is 2.84 bits per heavy atom. The molecule has 0 bridgehead atoms. The van der Waals surface area contributed by atoms with E-state index in [1.165, 1.54) is 12.1 Å². The van der Waals surface area contributed by atoms with Crippen LogP contribution in [0, 0.1) is 5.82 Å². The third-order valence-corrected chi connectivity index (χ3v) is 3.56. The number of likely N-dealkylation sites (N-methyl/N-ethyl adjacent to an activating group) is 1. The standard InChI is InChI=1S/C14H19ClFNO2/c1-3-17-12-8-13(14(12)18-4-2)19-9-5-6-10(15)11(16)7-9/h5-7,12-14,17H,3-4,8H2,1-2H3. The number of rotatable bonds is 6. The van der Waals surface area contributed by atoms with Crippen LogP contribution in [0.25, 0.3) is 0 Å². The average Bonchev–Trinajstić information content (AvgIpc) is 2.39. The summed E-state index contributed by atoms with van der Waals surface area (Å²) in [6.07, 6.45) is 0.844. The smallest absolute Gasteiger partial charge is 0.145 e. The highest BCUT2D eigenvalue weighted by atomic mass is 35.5. The maximum atomic E-state index is 13.3. The van der Waals surface area contributed by atoms with Gasteiger partial charge in [0.05, 0.1) is 5.02 Å². The lowest BCUT2D eigenvalue weighted by Crippen LogP contribution is -2.61. The van der Waals surface area contributed by atoms with Crippen molar-refractivity contribution in [2.45, 2.75) is 38.5 Å². The fraction of sp³-hybridized carbons (Fsp3) is 0.571. The molecule has 1 N–H and O–H groups in total. The summed E-state index contributed by atoms with van der Waals surface area (Å²) in [5.41, 5.74) is 0. The molecule has 1 aromatic rings. The Kier molecular flexibility index (Phi) is 5.02. The fourth-order valence-electron chi connectivity index (χ4n) is 2.30. The predicted octanol–water partition coefficient (Wildman–Crippen LogP) is 3.01. The molecule has 3 atom stereocenters. The normalized spacial score (nSPS) is 26.0. The first-order valence-corrected chi connectivity index (χ1v) is 7.00. The lowest BCUT2D eigenvalue weighted by Gasteiger charge is -2.44. The van der Waals surface area contributed by atoms with E-state index < -0.39 is 5.82 Å². The van der Waals surface area contributed by atoms with Gasteiger partial charge in [0.15, 0.2) is 0 Å². The minimum Gasteiger partial charge on any atom is -0.487 e. The van der Waals surface area contributed by atoms with Crippen LogP contribution in [-0.2, 0) is 4.74 Å². The predicted molar refractivity (Wildman–Crippen MR) is 73.3 cm³/mol. The molecule has 0 aromatic heterocycles. The van der Waals surface area contributed by atoms with Crippen molar-refractivity contribution in [3.63, 3.8) is 0 Å². The number of ether oxygens (including phenoxy) is 2. The van der Waals surface area contributed by atoms with Crippen LogP contribution in [0.1, 0.15) is 20.3 Å². The van der Waals surface area contributed by atoms with Crippen molar-refractivity contribution in [3.8, 4) is 5.75 Å². The fourth-order valence-corrected chi connectivity index (χ4v) is 2.42. The molecule has 106 valence electrons. The molecule has 19 heavy (non-hydrogen) atoms. The molecular weight excluding hydrogens is 269 g/mol. The molecule has 0 spiro atoms. The zero-order chi connectivity index (χ0) is 13.8. The Morgan fingerprint density at radius 2 is 2.21 bits per heavy atom. The molecule has 1 aliphatic rings. The van der Waals surface area contributed by atoms with Gasteiger partial charge in [-0.1, -0.05) is 18.5 Å². The van der Waals surface area contributed by atoms with Gasteiger partial charge in [-0.25, -0.2) is 4.39 Å². The summed E-state index contributed by atoms with van der Waals surface area (Å²) in [6.45, 7) is 5.56. The Morgan fingerprint density at radius 1 is 1.42 bits per heavy atom. The molecule has 1 saturated carbocycles. The van der Waals surface area contributed by atoms with Crippen LogP contribution < -0.4 is 10.1 Å². The van der Waals surface area contributed by atoms with Crippen molar-refractivity contribution in [2.75, 3.05) is 13.2 Å². The molecule has 2 rings (SSSR count). The van der Waals surface area contributed by atoms with Gasteiger partial charge in [0.1, 0.15) is 23.8 Å². The zero-order valence-corrected chi connectivity index (χ0v) is 11.9. The molecule has 1 aliphatic carbocycles. The summed E-state index contributed by atoms with van der Waals surface area (Å²) in [5, 5.41) is 3.46. The number of nitrogens with one attached hydrogen (secondary N) is 1. The van der Waals surface area contributed by atoms with Crippen molar-refractivity contribution in [2.24, 2.45) is 0 Å². The van der Waals surface area contributed by atoms with Crippen LogP contribution >= 0.6 is 11.6 Å². The van der Waals surface area contributed by atoms with Crippen LogP contribution in [0.4, 0.5) is 4.39 Å². The van der Waals surface area contributed by atoms with Gasteiger partial charge in [-0.15, -0.1) is 0 Å². The maximum absolute atomic E-state index is 13.3. The Hall–Kier alpha value is -0.840. The Bertz CT molecular complexity index is 430. The maximum Gasteiger partial charge on any atom is 0.145 e. The largest absolute Gasteiger partial charge is 0.487 e. The highest BCUT2D eigenvalue weighted by Crippen LogP contribution is 2.30. The Balaban J connectivity index is 1.96. The first kappa shape index (κ1) is 14.6. The van der Waals surface area contributed by atoms with Crippen molar-refractivity contribution in [1.82, 2.24) is 5.32 Å². The van der Waals surface area contributed by atoms with Crippen molar-refractivity contribution in [3.05, 3.63) is 29.0 Å². The topological polar surface area (TPSA) is 30.5 Å². The van der Waals surface area contributed by atoms with Gasteiger partial charge >= 0.3 is 0 Å². The second-order valence-corrected chi connectivity index (χ2v) is 4.96. The second kappa shape index (κ2) is 6.55. The lowest BCUT2D eigenvalue weighted by atomic mass is 9.85. The van der Waals surface area contributed by atoms with E-state index in [0.29, 0.717) is 18.4 Å². The molecule has 3 nitrogen and oxygen atoms in total. The molecule has 0 radical (unpaired) electrons. The summed E-state index contributed by atoms with van der Waals surface area (Å²) in [5.74, 6) is 0.0289. The minimum atomic E-state index is -0.463. The van der Waals surface area contributed by atoms with Crippen molar-refractivity contribution < 1.29 is 13.9 Å². The monoisotopic (exact) mass is 287 g/mol. The SMILES string of the molecule is CCNC1CC(Oc2ccc(Cl)c(F)c2)C1OCC. The molecule has 0 heterocycles. The third-order valence-electron chi connectivity index (χ3n) is 3.25. The molecule has 0 aliphatic heterocycles. The van der Waals surface area contributed by atoms with E-state index in [4.69, 9.17) is 21.1 Å². The van der Waals surface area contributed by atoms with E-state index >= 15 is 0 Å². The van der Waals surface area contributed by atoms with E-state index in [9.17, 15) is 4.39 Å². The van der Waals surface area contributed by atoms with Crippen LogP contribution in [0.3, 0.4) is 0 Å². The van der Waals surface area contributed by atoms with Crippen LogP contribution in [-0.4, -0.2) is 31.4 Å². The van der Waals surface area contributed by atoms with Gasteiger partial charge in [-0.05, 0) is 25.6 Å². The van der Waals surface area contributed by atoms with Crippen molar-refractivity contribution in [1.29, 1.82) is 0 Å². The van der Waals surface area contributed by atoms with Gasteiger partial charge in [-0.3, -0.25) is 0 Å². The highest BCUT2D eigenvalue weighted by molar-refractivity contribution is 6.30. The molecule has 0 saturated heterocycles. The first-order chi connectivity index (χ1) is 9.15. The average molecular weight is 288 g/mol. The molecule has 1 fully saturated rings. The first-order valence-electron chi connectivity index (χ1n) is 6.62. The number of benzene rings is 1. The van der Waals surface area contributed by atoms with Gasteiger partial charge in [-0.2, -0.15) is 0 Å². The van der Waals surface area contributed by atoms with Crippen LogP contribution in [0.5, 0.6) is 5.75 Å². The van der Waals surface area contributed by atoms with Crippen LogP contribution in [0.2, 0.25) is 5.02 Å². The lowest BCUT2D eigenvalue weighted by molar-refractivity contribution is -0.104. The van der Waals surface area contributed by atoms with Gasteiger partial charge in [0.25, 0.3) is 0 Å². The van der Waals surface area contributed by atoms with Gasteiger partial charge < -0.3 is 14.8 Å². The molecular formula is C14H19ClFNO2. The van der Waals surface area contributed by atoms with E-state index in [-0.39, 0.29) is 17.2 Å².